The van der Waals surface area contributed by atoms with E-state index in [1.165, 1.54) is 34.0 Å². The molecule has 5 nitrogen and oxygen atoms in total. The first kappa shape index (κ1) is 21.6. The van der Waals surface area contributed by atoms with Gasteiger partial charge in [-0.25, -0.2) is 9.97 Å². The third kappa shape index (κ3) is 4.51. The molecule has 1 aliphatic rings. The van der Waals surface area contributed by atoms with E-state index in [2.05, 4.69) is 19.2 Å². The maximum Gasteiger partial charge on any atom is 0.234 e. The van der Waals surface area contributed by atoms with E-state index in [0.29, 0.717) is 12.4 Å². The van der Waals surface area contributed by atoms with Gasteiger partial charge < -0.3 is 10.1 Å². The molecule has 0 fully saturated rings. The van der Waals surface area contributed by atoms with Gasteiger partial charge in [-0.3, -0.25) is 4.79 Å². The zero-order chi connectivity index (χ0) is 21.3. The number of carbonyl (C=O) groups excluding carboxylic acids is 1. The number of nitrogens with one attached hydrogen (secondary N) is 1. The quantitative estimate of drug-likeness (QED) is 0.290. The van der Waals surface area contributed by atoms with Gasteiger partial charge in [0.15, 0.2) is 5.16 Å². The molecule has 4 rings (SSSR count). The Bertz CT molecular complexity index is 1100. The zero-order valence-electron chi connectivity index (χ0n) is 17.6. The van der Waals surface area contributed by atoms with Gasteiger partial charge in [-0.15, -0.1) is 11.3 Å². The molecule has 1 atom stereocenters. The average molecular weight is 460 g/mol. The van der Waals surface area contributed by atoms with Crippen LogP contribution in [0.4, 0.5) is 5.69 Å². The van der Waals surface area contributed by atoms with Crippen LogP contribution < -0.4 is 5.32 Å². The van der Waals surface area contributed by atoms with Crippen LogP contribution in [-0.4, -0.2) is 33.5 Å². The van der Waals surface area contributed by atoms with Gasteiger partial charge in [0.05, 0.1) is 18.0 Å². The summed E-state index contributed by atoms with van der Waals surface area (Å²) in [6, 6.07) is 7.84. The second kappa shape index (κ2) is 8.86. The number of ether oxygens (including phenoxy) is 1. The highest BCUT2D eigenvalue weighted by Crippen LogP contribution is 2.43. The molecule has 2 aromatic heterocycles. The van der Waals surface area contributed by atoms with Crippen LogP contribution in [-0.2, 0) is 22.6 Å². The Balaban J connectivity index is 1.61. The van der Waals surface area contributed by atoms with Crippen LogP contribution in [0.15, 0.2) is 34.4 Å². The van der Waals surface area contributed by atoms with Gasteiger partial charge >= 0.3 is 0 Å². The second-order valence-corrected chi connectivity index (χ2v) is 10.5. The average Bonchev–Trinajstić information content (AvgIpc) is 3.09. The van der Waals surface area contributed by atoms with Crippen molar-refractivity contribution in [3.63, 3.8) is 0 Å². The lowest BCUT2D eigenvalue weighted by Gasteiger charge is -2.33. The predicted molar refractivity (Wildman–Crippen MR) is 127 cm³/mol. The van der Waals surface area contributed by atoms with Gasteiger partial charge in [-0.05, 0) is 49.8 Å². The highest BCUT2D eigenvalue weighted by Gasteiger charge is 2.33. The van der Waals surface area contributed by atoms with E-state index in [9.17, 15) is 4.79 Å². The van der Waals surface area contributed by atoms with Gasteiger partial charge in [0.1, 0.15) is 9.86 Å². The number of amides is 1. The zero-order valence-corrected chi connectivity index (χ0v) is 20.0. The number of hydrogen-bond acceptors (Lipinski definition) is 7. The topological polar surface area (TPSA) is 64.1 Å². The van der Waals surface area contributed by atoms with E-state index in [0.717, 1.165) is 44.5 Å². The molecule has 1 N–H and O–H groups in total. The van der Waals surface area contributed by atoms with Gasteiger partial charge in [0, 0.05) is 22.4 Å². The molecule has 0 bridgehead atoms. The number of fused-ring (bicyclic) bond motifs is 3. The molecular weight excluding hydrogens is 434 g/mol. The monoisotopic (exact) mass is 459 g/mol. The number of benzene rings is 1. The number of thioether (sulfide) groups is 2. The van der Waals surface area contributed by atoms with E-state index in [-0.39, 0.29) is 11.5 Å². The molecule has 0 aliphatic carbocycles. The molecule has 0 unspecified atom stereocenters. The summed E-state index contributed by atoms with van der Waals surface area (Å²) >= 11 is 4.70. The minimum Gasteiger partial charge on any atom is -0.369 e. The number of carbonyl (C=O) groups is 1. The van der Waals surface area contributed by atoms with Crippen molar-refractivity contribution in [1.82, 2.24) is 9.97 Å². The number of hydrogen-bond donors (Lipinski definition) is 1. The van der Waals surface area contributed by atoms with Gasteiger partial charge in [-0.2, -0.15) is 0 Å². The lowest BCUT2D eigenvalue weighted by molar-refractivity contribution is -0.113. The highest BCUT2D eigenvalue weighted by molar-refractivity contribution is 8.00. The molecule has 1 aromatic carbocycles. The number of thiophene rings is 1. The summed E-state index contributed by atoms with van der Waals surface area (Å²) in [5.41, 5.74) is 3.07. The molecule has 3 aromatic rings. The fourth-order valence-electron chi connectivity index (χ4n) is 3.50. The van der Waals surface area contributed by atoms with Gasteiger partial charge in [0.2, 0.25) is 5.91 Å². The van der Waals surface area contributed by atoms with E-state index >= 15 is 0 Å². The Labute approximate surface area is 189 Å². The maximum absolute atomic E-state index is 12.6. The van der Waals surface area contributed by atoms with Crippen molar-refractivity contribution in [2.24, 2.45) is 0 Å². The number of rotatable bonds is 6. The Morgan fingerprint density at radius 2 is 2.20 bits per heavy atom. The van der Waals surface area contributed by atoms with Crippen LogP contribution >= 0.6 is 34.9 Å². The largest absolute Gasteiger partial charge is 0.369 e. The lowest BCUT2D eigenvalue weighted by atomic mass is 9.90. The summed E-state index contributed by atoms with van der Waals surface area (Å²) in [6.45, 7) is 6.96. The van der Waals surface area contributed by atoms with Crippen molar-refractivity contribution in [2.45, 2.75) is 56.0 Å². The van der Waals surface area contributed by atoms with E-state index in [1.54, 1.807) is 11.3 Å². The summed E-state index contributed by atoms with van der Waals surface area (Å²) in [4.78, 5) is 24.3. The van der Waals surface area contributed by atoms with E-state index in [1.807, 2.05) is 37.4 Å². The molecule has 30 heavy (non-hydrogen) atoms. The molecule has 1 amide bonds. The Morgan fingerprint density at radius 1 is 1.37 bits per heavy atom. The normalized spacial score (nSPS) is 18.4. The molecule has 0 radical (unpaired) electrons. The summed E-state index contributed by atoms with van der Waals surface area (Å²) in [5, 5.41) is 5.71. The number of anilines is 1. The van der Waals surface area contributed by atoms with Crippen molar-refractivity contribution in [3.8, 4) is 0 Å². The Hall–Kier alpha value is -1.61. The van der Waals surface area contributed by atoms with Crippen molar-refractivity contribution in [1.29, 1.82) is 0 Å². The highest BCUT2D eigenvalue weighted by atomic mass is 32.2. The first-order valence-electron chi connectivity index (χ1n) is 9.90. The van der Waals surface area contributed by atoms with Crippen LogP contribution in [0.1, 0.15) is 36.3 Å². The standard InChI is InChI=1S/C22H25N3O2S3/c1-5-22(3)10-15-16(11-27-22)30-20-18(15)19(24-21(25-20)28-4)29-12-17(26)23-14-8-6-7-13(2)9-14/h6-9H,5,10-12H2,1-4H3,(H,23,26)/t22-/m0/s1. The fraction of sp³-hybridized carbons (Fsp3) is 0.409. The Morgan fingerprint density at radius 3 is 2.93 bits per heavy atom. The van der Waals surface area contributed by atoms with E-state index < -0.39 is 0 Å². The lowest BCUT2D eigenvalue weighted by Crippen LogP contribution is -2.33. The number of aryl methyl sites for hydroxylation is 1. The molecule has 0 saturated heterocycles. The van der Waals surface area contributed by atoms with Gasteiger partial charge in [-0.1, -0.05) is 42.6 Å². The molecular formula is C22H25N3O2S3. The summed E-state index contributed by atoms with van der Waals surface area (Å²) in [7, 11) is 0. The molecule has 158 valence electrons. The van der Waals surface area contributed by atoms with Crippen LogP contribution in [0.2, 0.25) is 0 Å². The van der Waals surface area contributed by atoms with Gasteiger partial charge in [0.25, 0.3) is 0 Å². The van der Waals surface area contributed by atoms with Crippen molar-refractivity contribution >= 4 is 56.7 Å². The third-order valence-corrected chi connectivity index (χ3v) is 7.98. The molecule has 0 spiro atoms. The molecule has 1 aliphatic heterocycles. The van der Waals surface area contributed by atoms with Crippen LogP contribution in [0.5, 0.6) is 0 Å². The smallest absolute Gasteiger partial charge is 0.234 e. The van der Waals surface area contributed by atoms with Crippen molar-refractivity contribution in [3.05, 3.63) is 40.3 Å². The third-order valence-electron chi connectivity index (χ3n) is 5.36. The number of aromatic nitrogens is 2. The summed E-state index contributed by atoms with van der Waals surface area (Å²) in [6.07, 6.45) is 3.78. The first-order chi connectivity index (χ1) is 14.4. The second-order valence-electron chi connectivity index (χ2n) is 7.67. The minimum atomic E-state index is -0.163. The Kier molecular flexibility index (Phi) is 6.39. The number of nitrogens with zero attached hydrogens (tertiary/aromatic N) is 2. The minimum absolute atomic E-state index is 0.0334. The molecule has 3 heterocycles. The summed E-state index contributed by atoms with van der Waals surface area (Å²) in [5.74, 6) is 0.272. The van der Waals surface area contributed by atoms with Crippen LogP contribution in [0, 0.1) is 6.92 Å². The fourth-order valence-corrected chi connectivity index (χ4v) is 6.00. The first-order valence-corrected chi connectivity index (χ1v) is 12.9. The van der Waals surface area contributed by atoms with Crippen molar-refractivity contribution in [2.75, 3.05) is 17.3 Å². The van der Waals surface area contributed by atoms with Crippen LogP contribution in [0.3, 0.4) is 0 Å². The molecule has 0 saturated carbocycles. The molecule has 8 heteroatoms. The predicted octanol–water partition coefficient (Wildman–Crippen LogP) is 5.69. The van der Waals surface area contributed by atoms with Crippen LogP contribution in [0.25, 0.3) is 10.2 Å². The summed E-state index contributed by atoms with van der Waals surface area (Å²) < 4.78 is 6.13. The maximum atomic E-state index is 12.6. The van der Waals surface area contributed by atoms with E-state index in [4.69, 9.17) is 14.7 Å². The SMILES string of the molecule is CC[C@@]1(C)Cc2c(sc3nc(SC)nc(SCC(=O)Nc4cccc(C)c4)c23)CO1. The van der Waals surface area contributed by atoms with Crippen molar-refractivity contribution < 1.29 is 9.53 Å².